The molecule has 12 nitrogen and oxygen atoms in total. The molecule has 0 rings (SSSR count). The van der Waals surface area contributed by atoms with Gasteiger partial charge < -0.3 is 33.8 Å². The number of carboxylic acids is 1. The molecule has 0 saturated carbocycles. The molecule has 0 aliphatic heterocycles. The maximum atomic E-state index is 12.7. The number of esters is 2. The van der Waals surface area contributed by atoms with Gasteiger partial charge in [-0.25, -0.2) is 0 Å². The molecule has 1 unspecified atom stereocenters. The summed E-state index contributed by atoms with van der Waals surface area (Å²) in [6, 6.07) is 0. The maximum Gasteiger partial charge on any atom is 1.00 e. The van der Waals surface area contributed by atoms with E-state index in [9.17, 15) is 28.6 Å². The third kappa shape index (κ3) is 50.2. The van der Waals surface area contributed by atoms with Crippen LogP contribution in [0.15, 0.2) is 0 Å². The summed E-state index contributed by atoms with van der Waals surface area (Å²) >= 11 is 0. The number of ether oxygens (including phenoxy) is 2. The van der Waals surface area contributed by atoms with E-state index in [0.717, 1.165) is 83.5 Å². The molecule has 366 valence electrons. The minimum atomic E-state index is -4.80. The van der Waals surface area contributed by atoms with Gasteiger partial charge in [0.1, 0.15) is 6.61 Å². The Morgan fingerprint density at radius 2 is 0.841 bits per heavy atom. The second-order valence-electron chi connectivity index (χ2n) is 17.4. The smallest absolute Gasteiger partial charge is 0.756 e. The molecule has 0 bridgehead atoms. The minimum absolute atomic E-state index is 0. The average Bonchev–Trinajstić information content (AvgIpc) is 3.24. The molecule has 0 aromatic heterocycles. The average molecular weight is 926 g/mol. The van der Waals surface area contributed by atoms with Crippen LogP contribution in [0.25, 0.3) is 0 Å². The molecule has 0 aliphatic rings. The summed E-state index contributed by atoms with van der Waals surface area (Å²) < 4.78 is 33.5. The predicted molar refractivity (Wildman–Crippen MR) is 248 cm³/mol. The normalized spacial score (nSPS) is 12.6. The van der Waals surface area contributed by atoms with Crippen molar-refractivity contribution in [1.82, 2.24) is 5.32 Å². The quantitative estimate of drug-likeness (QED) is 0.0257. The van der Waals surface area contributed by atoms with Crippen molar-refractivity contribution < 1.29 is 81.8 Å². The number of phosphoric acid groups is 1. The Balaban J connectivity index is 0. The van der Waals surface area contributed by atoms with Crippen molar-refractivity contribution in [3.05, 3.63) is 0 Å². The van der Waals surface area contributed by atoms with Crippen LogP contribution in [0.2, 0.25) is 0 Å². The van der Waals surface area contributed by atoms with E-state index < -0.39 is 38.4 Å². The Labute approximate surface area is 406 Å². The van der Waals surface area contributed by atoms with Crippen molar-refractivity contribution in [1.29, 1.82) is 0 Å². The van der Waals surface area contributed by atoms with Crippen molar-refractivity contribution in [3.8, 4) is 0 Å². The molecule has 1 amide bonds. The first-order valence-corrected chi connectivity index (χ1v) is 27.0. The van der Waals surface area contributed by atoms with E-state index >= 15 is 0 Å². The zero-order chi connectivity index (χ0) is 45.6. The van der Waals surface area contributed by atoms with Gasteiger partial charge in [-0.3, -0.25) is 23.7 Å². The second kappa shape index (κ2) is 48.9. The van der Waals surface area contributed by atoms with E-state index in [1.54, 1.807) is 0 Å². The van der Waals surface area contributed by atoms with E-state index in [0.29, 0.717) is 25.7 Å². The first-order chi connectivity index (χ1) is 30.1. The van der Waals surface area contributed by atoms with E-state index in [4.69, 9.17) is 23.6 Å². The molecule has 0 heterocycles. The molecule has 0 radical (unpaired) electrons. The molecule has 0 aromatic rings. The second-order valence-corrected chi connectivity index (χ2v) is 18.8. The molecule has 0 spiro atoms. The van der Waals surface area contributed by atoms with E-state index in [2.05, 4.69) is 19.2 Å². The maximum absolute atomic E-state index is 12.7. The number of carbonyl (C=O) groups excluding carboxylic acids is 3. The predicted octanol–water partition coefficient (Wildman–Crippen LogP) is 10.0. The molecule has 2 N–H and O–H groups in total. The fourth-order valence-electron chi connectivity index (χ4n) is 7.46. The van der Waals surface area contributed by atoms with Gasteiger partial charge in [-0.15, -0.1) is 0 Å². The molecule has 0 fully saturated rings. The summed E-state index contributed by atoms with van der Waals surface area (Å²) in [7, 11) is -4.80. The van der Waals surface area contributed by atoms with Crippen molar-refractivity contribution in [2.24, 2.45) is 0 Å². The van der Waals surface area contributed by atoms with Gasteiger partial charge in [-0.2, -0.15) is 0 Å². The van der Waals surface area contributed by atoms with E-state index in [1.807, 2.05) is 0 Å². The number of aliphatic carboxylic acids is 1. The van der Waals surface area contributed by atoms with E-state index in [1.165, 1.54) is 116 Å². The first-order valence-electron chi connectivity index (χ1n) is 25.5. The molecule has 2 atom stereocenters. The van der Waals surface area contributed by atoms with Crippen LogP contribution in [0.5, 0.6) is 0 Å². The molecular weight excluding hydrogens is 832 g/mol. The summed E-state index contributed by atoms with van der Waals surface area (Å²) in [5.41, 5.74) is 0. The van der Waals surface area contributed by atoms with Crippen molar-refractivity contribution in [2.75, 3.05) is 26.4 Å². The van der Waals surface area contributed by atoms with Crippen LogP contribution < -0.4 is 39.8 Å². The first kappa shape index (κ1) is 64.1. The Bertz CT molecular complexity index is 1120. The van der Waals surface area contributed by atoms with Crippen LogP contribution in [0.3, 0.4) is 0 Å². The number of hydrogen-bond acceptors (Lipinski definition) is 10. The molecule has 63 heavy (non-hydrogen) atoms. The van der Waals surface area contributed by atoms with Crippen LogP contribution in [-0.2, 0) is 42.3 Å². The summed E-state index contributed by atoms with van der Waals surface area (Å²) in [4.78, 5) is 60.6. The fourth-order valence-corrected chi connectivity index (χ4v) is 8.20. The van der Waals surface area contributed by atoms with Gasteiger partial charge in [-0.1, -0.05) is 206 Å². The third-order valence-corrected chi connectivity index (χ3v) is 12.3. The summed E-state index contributed by atoms with van der Waals surface area (Å²) in [6.45, 7) is 3.29. The summed E-state index contributed by atoms with van der Waals surface area (Å²) in [5.74, 6) is -1.87. The number of hydrogen-bond donors (Lipinski definition) is 2. The van der Waals surface area contributed by atoms with Crippen LogP contribution in [0, 0.1) is 0 Å². The van der Waals surface area contributed by atoms with Gasteiger partial charge in [0, 0.05) is 32.2 Å². The van der Waals surface area contributed by atoms with Gasteiger partial charge in [0.25, 0.3) is 7.82 Å². The summed E-state index contributed by atoms with van der Waals surface area (Å²) in [6.07, 6.45) is 38.3. The van der Waals surface area contributed by atoms with Gasteiger partial charge in [0.2, 0.25) is 5.91 Å². The number of amides is 1. The molecule has 0 saturated heterocycles. The number of phosphoric ester groups is 1. The van der Waals surface area contributed by atoms with Crippen LogP contribution in [0.1, 0.15) is 258 Å². The molecule has 14 heteroatoms. The minimum Gasteiger partial charge on any atom is -0.756 e. The largest absolute Gasteiger partial charge is 1.00 e. The zero-order valence-corrected chi connectivity index (χ0v) is 43.6. The monoisotopic (exact) mass is 926 g/mol. The number of nitrogens with one attached hydrogen (secondary N) is 1. The Morgan fingerprint density at radius 3 is 1.24 bits per heavy atom. The third-order valence-electron chi connectivity index (χ3n) is 11.3. The van der Waals surface area contributed by atoms with Crippen LogP contribution in [0.4, 0.5) is 0 Å². The molecule has 0 aliphatic carbocycles. The van der Waals surface area contributed by atoms with Gasteiger partial charge in [0.05, 0.1) is 13.2 Å². The standard InChI is InChI=1S/C49H94NO11P.Na/c1-3-5-7-9-11-13-15-17-19-21-27-31-35-39-48(54)58-43-45(61-49(55)40-36-32-28-22-20-18-16-14-12-10-8-6-4-2)44-60-62(56,57)59-42-41-50-46(51)37-33-29-25-23-24-26-30-34-38-47(52)53;/h45H,3-44H2,1-2H3,(H,50,51)(H,52,53)(H,56,57);/q;+1/p-1/t45-;/m1./s1. The topological polar surface area (TPSA) is 178 Å². The van der Waals surface area contributed by atoms with Gasteiger partial charge >= 0.3 is 47.5 Å². The fraction of sp³-hybridized carbons (Fsp3) is 0.918. The molecular formula is C49H93NNaO11P. The Morgan fingerprint density at radius 1 is 0.492 bits per heavy atom. The van der Waals surface area contributed by atoms with Crippen molar-refractivity contribution in [3.63, 3.8) is 0 Å². The van der Waals surface area contributed by atoms with Crippen LogP contribution in [-0.4, -0.2) is 61.4 Å². The number of unbranched alkanes of at least 4 members (excludes halogenated alkanes) is 31. The number of carbonyl (C=O) groups is 4. The zero-order valence-electron chi connectivity index (χ0n) is 40.8. The van der Waals surface area contributed by atoms with Crippen LogP contribution >= 0.6 is 7.82 Å². The van der Waals surface area contributed by atoms with Crippen molar-refractivity contribution >= 4 is 31.6 Å². The SMILES string of the molecule is CCCCCCCCCCCCCCCC(=O)OC[C@H](COP(=O)([O-])OCCNC(=O)CCCCCCCCCCC(=O)O)OC(=O)CCCCCCCCCCCCCCC.[Na+]. The van der Waals surface area contributed by atoms with E-state index in [-0.39, 0.29) is 74.5 Å². The Kier molecular flexibility index (Phi) is 49.7. The summed E-state index contributed by atoms with van der Waals surface area (Å²) in [5, 5.41) is 11.3. The number of carboxylic acid groups (broad SMARTS) is 1. The molecule has 0 aromatic carbocycles. The number of rotatable bonds is 49. The van der Waals surface area contributed by atoms with Gasteiger partial charge in [0.15, 0.2) is 6.10 Å². The van der Waals surface area contributed by atoms with Gasteiger partial charge in [-0.05, 0) is 25.7 Å². The van der Waals surface area contributed by atoms with Crippen molar-refractivity contribution in [2.45, 2.75) is 264 Å². The Hall–Kier alpha value is -1.01.